The molecule has 3 nitrogen and oxygen atoms in total. The minimum Gasteiger partial charge on any atom is -0.504 e. The molecule has 3 rings (SSSR count). The van der Waals surface area contributed by atoms with Gasteiger partial charge in [-0.1, -0.05) is 36.4 Å². The van der Waals surface area contributed by atoms with Crippen molar-refractivity contribution >= 4 is 0 Å². The number of hydrogen-bond donors (Lipinski definition) is 1. The van der Waals surface area contributed by atoms with Crippen molar-refractivity contribution in [2.45, 2.75) is 6.36 Å². The third-order valence-electron chi connectivity index (χ3n) is 3.35. The van der Waals surface area contributed by atoms with Crippen molar-refractivity contribution in [2.24, 2.45) is 0 Å². The van der Waals surface area contributed by atoms with E-state index in [1.165, 1.54) is 30.3 Å². The standard InChI is InChI=1S/C19H13F3O3/c20-19(21,22)25-16-9-6-13(7-10-16)14-8-11-18(17(23)12-14)24-15-4-2-1-3-5-15/h1-12,23H. The van der Waals surface area contributed by atoms with Crippen molar-refractivity contribution in [2.75, 3.05) is 0 Å². The molecule has 3 aromatic carbocycles. The molecule has 0 bridgehead atoms. The molecule has 128 valence electrons. The summed E-state index contributed by atoms with van der Waals surface area (Å²) in [4.78, 5) is 0. The normalized spacial score (nSPS) is 11.2. The summed E-state index contributed by atoms with van der Waals surface area (Å²) < 4.78 is 45.9. The smallest absolute Gasteiger partial charge is 0.504 e. The first-order valence-electron chi connectivity index (χ1n) is 7.33. The van der Waals surface area contributed by atoms with Crippen LogP contribution in [0, 0.1) is 0 Å². The van der Waals surface area contributed by atoms with Crippen LogP contribution in [0.2, 0.25) is 0 Å². The summed E-state index contributed by atoms with van der Waals surface area (Å²) in [5.74, 6) is 0.493. The molecular weight excluding hydrogens is 333 g/mol. The van der Waals surface area contributed by atoms with E-state index in [-0.39, 0.29) is 17.2 Å². The summed E-state index contributed by atoms with van der Waals surface area (Å²) in [6.07, 6.45) is -4.73. The number of aromatic hydroxyl groups is 1. The molecule has 0 amide bonds. The summed E-state index contributed by atoms with van der Waals surface area (Å²) in [6.45, 7) is 0. The first kappa shape index (κ1) is 16.7. The maximum atomic E-state index is 12.2. The molecule has 0 heterocycles. The van der Waals surface area contributed by atoms with Crippen LogP contribution in [0.25, 0.3) is 11.1 Å². The molecule has 0 aliphatic carbocycles. The van der Waals surface area contributed by atoms with Crippen LogP contribution < -0.4 is 9.47 Å². The predicted octanol–water partition coefficient (Wildman–Crippen LogP) is 5.75. The van der Waals surface area contributed by atoms with Gasteiger partial charge in [0, 0.05) is 0 Å². The lowest BCUT2D eigenvalue weighted by molar-refractivity contribution is -0.274. The molecule has 0 spiro atoms. The van der Waals surface area contributed by atoms with Gasteiger partial charge in [-0.15, -0.1) is 13.2 Å². The minimum absolute atomic E-state index is 0.0722. The van der Waals surface area contributed by atoms with Crippen LogP contribution in [-0.2, 0) is 0 Å². The first-order chi connectivity index (χ1) is 11.9. The molecule has 0 fully saturated rings. The quantitative estimate of drug-likeness (QED) is 0.654. The van der Waals surface area contributed by atoms with E-state index in [0.29, 0.717) is 16.9 Å². The molecule has 0 aliphatic heterocycles. The maximum Gasteiger partial charge on any atom is 0.573 e. The highest BCUT2D eigenvalue weighted by molar-refractivity contribution is 5.67. The summed E-state index contributed by atoms with van der Waals surface area (Å²) in [5.41, 5.74) is 1.27. The van der Waals surface area contributed by atoms with E-state index >= 15 is 0 Å². The summed E-state index contributed by atoms with van der Waals surface area (Å²) in [6, 6.07) is 19.2. The largest absolute Gasteiger partial charge is 0.573 e. The Balaban J connectivity index is 1.78. The van der Waals surface area contributed by atoms with E-state index in [1.807, 2.05) is 18.2 Å². The zero-order valence-corrected chi connectivity index (χ0v) is 12.8. The van der Waals surface area contributed by atoms with Gasteiger partial charge in [-0.2, -0.15) is 0 Å². The predicted molar refractivity (Wildman–Crippen MR) is 86.7 cm³/mol. The molecule has 0 unspecified atom stereocenters. The Morgan fingerprint density at radius 2 is 1.36 bits per heavy atom. The Bertz CT molecular complexity index is 844. The Hall–Kier alpha value is -3.15. The molecule has 0 radical (unpaired) electrons. The van der Waals surface area contributed by atoms with Gasteiger partial charge in [-0.05, 0) is 47.5 Å². The fourth-order valence-corrected chi connectivity index (χ4v) is 2.25. The SMILES string of the molecule is Oc1cc(-c2ccc(OC(F)(F)F)cc2)ccc1Oc1ccccc1. The minimum atomic E-state index is -4.73. The molecule has 0 aliphatic rings. The zero-order valence-electron chi connectivity index (χ0n) is 12.8. The summed E-state index contributed by atoms with van der Waals surface area (Å²) in [7, 11) is 0. The highest BCUT2D eigenvalue weighted by atomic mass is 19.4. The van der Waals surface area contributed by atoms with Gasteiger partial charge in [-0.25, -0.2) is 0 Å². The fourth-order valence-electron chi connectivity index (χ4n) is 2.25. The maximum absolute atomic E-state index is 12.2. The van der Waals surface area contributed by atoms with Crippen molar-refractivity contribution < 1.29 is 27.8 Å². The van der Waals surface area contributed by atoms with Crippen LogP contribution in [-0.4, -0.2) is 11.5 Å². The Morgan fingerprint density at radius 3 is 1.96 bits per heavy atom. The van der Waals surface area contributed by atoms with Crippen molar-refractivity contribution in [3.63, 3.8) is 0 Å². The number of benzene rings is 3. The van der Waals surface area contributed by atoms with Gasteiger partial charge >= 0.3 is 6.36 Å². The van der Waals surface area contributed by atoms with Gasteiger partial charge in [0.2, 0.25) is 0 Å². The van der Waals surface area contributed by atoms with E-state index in [9.17, 15) is 18.3 Å². The second-order valence-electron chi connectivity index (χ2n) is 5.17. The molecule has 1 N–H and O–H groups in total. The first-order valence-corrected chi connectivity index (χ1v) is 7.33. The van der Waals surface area contributed by atoms with Crippen molar-refractivity contribution in [3.05, 3.63) is 72.8 Å². The number of ether oxygens (including phenoxy) is 2. The van der Waals surface area contributed by atoms with Crippen molar-refractivity contribution in [3.8, 4) is 34.1 Å². The average molecular weight is 346 g/mol. The Morgan fingerprint density at radius 1 is 0.720 bits per heavy atom. The number of halogens is 3. The van der Waals surface area contributed by atoms with Crippen molar-refractivity contribution in [1.82, 2.24) is 0 Å². The van der Waals surface area contributed by atoms with E-state index < -0.39 is 6.36 Å². The van der Waals surface area contributed by atoms with E-state index in [0.717, 1.165) is 0 Å². The Kier molecular flexibility index (Phi) is 4.52. The molecule has 0 saturated heterocycles. The lowest BCUT2D eigenvalue weighted by Crippen LogP contribution is -2.16. The third-order valence-corrected chi connectivity index (χ3v) is 3.35. The third kappa shape index (κ3) is 4.44. The van der Waals surface area contributed by atoms with Crippen LogP contribution in [0.1, 0.15) is 0 Å². The van der Waals surface area contributed by atoms with Gasteiger partial charge < -0.3 is 14.6 Å². The molecule has 0 saturated carbocycles. The zero-order chi connectivity index (χ0) is 17.9. The van der Waals surface area contributed by atoms with E-state index in [2.05, 4.69) is 4.74 Å². The van der Waals surface area contributed by atoms with Crippen molar-refractivity contribution in [1.29, 1.82) is 0 Å². The Labute approximate surface area is 141 Å². The van der Waals surface area contributed by atoms with Gasteiger partial charge in [0.25, 0.3) is 0 Å². The number of alkyl halides is 3. The highest BCUT2D eigenvalue weighted by Crippen LogP contribution is 2.35. The topological polar surface area (TPSA) is 38.7 Å². The lowest BCUT2D eigenvalue weighted by Gasteiger charge is -2.11. The van der Waals surface area contributed by atoms with Gasteiger partial charge in [0.15, 0.2) is 11.5 Å². The molecule has 3 aromatic rings. The van der Waals surface area contributed by atoms with Crippen LogP contribution in [0.5, 0.6) is 23.0 Å². The van der Waals surface area contributed by atoms with Gasteiger partial charge in [0.1, 0.15) is 11.5 Å². The number of rotatable bonds is 4. The van der Waals surface area contributed by atoms with Crippen LogP contribution in [0.3, 0.4) is 0 Å². The fraction of sp³-hybridized carbons (Fsp3) is 0.0526. The number of phenols is 1. The van der Waals surface area contributed by atoms with E-state index in [1.54, 1.807) is 24.3 Å². The second-order valence-corrected chi connectivity index (χ2v) is 5.17. The van der Waals surface area contributed by atoms with Crippen LogP contribution >= 0.6 is 0 Å². The van der Waals surface area contributed by atoms with Gasteiger partial charge in [0.05, 0.1) is 0 Å². The molecule has 25 heavy (non-hydrogen) atoms. The second kappa shape index (κ2) is 6.76. The molecular formula is C19H13F3O3. The molecule has 0 atom stereocenters. The molecule has 0 aromatic heterocycles. The van der Waals surface area contributed by atoms with E-state index in [4.69, 9.17) is 4.74 Å². The van der Waals surface area contributed by atoms with Crippen LogP contribution in [0.4, 0.5) is 13.2 Å². The molecule has 6 heteroatoms. The van der Waals surface area contributed by atoms with Gasteiger partial charge in [-0.3, -0.25) is 0 Å². The highest BCUT2D eigenvalue weighted by Gasteiger charge is 2.30. The lowest BCUT2D eigenvalue weighted by atomic mass is 10.1. The average Bonchev–Trinajstić information content (AvgIpc) is 2.57. The van der Waals surface area contributed by atoms with Crippen LogP contribution in [0.15, 0.2) is 72.8 Å². The monoisotopic (exact) mass is 346 g/mol. The number of phenolic OH excluding ortho intramolecular Hbond substituents is 1. The summed E-state index contributed by atoms with van der Waals surface area (Å²) >= 11 is 0. The number of para-hydroxylation sites is 1. The number of hydrogen-bond acceptors (Lipinski definition) is 3. The summed E-state index contributed by atoms with van der Waals surface area (Å²) in [5, 5.41) is 10.1.